The van der Waals surface area contributed by atoms with Crippen molar-refractivity contribution >= 4 is 27.4 Å². The Morgan fingerprint density at radius 3 is 2.15 bits per heavy atom. The summed E-state index contributed by atoms with van der Waals surface area (Å²) in [5.74, 6) is 2.89. The molecule has 1 aromatic rings. The van der Waals surface area contributed by atoms with Crippen LogP contribution in [0.2, 0.25) is 0 Å². The van der Waals surface area contributed by atoms with E-state index in [1.165, 1.54) is 62.9 Å². The van der Waals surface area contributed by atoms with Crippen LogP contribution in [0, 0.1) is 0 Å². The van der Waals surface area contributed by atoms with E-state index in [9.17, 15) is 0 Å². The fraction of sp³-hybridized carbons (Fsp3) is 0.667. The van der Waals surface area contributed by atoms with Gasteiger partial charge in [-0.2, -0.15) is 10.0 Å². The summed E-state index contributed by atoms with van der Waals surface area (Å²) in [7, 11) is -0.608. The molecule has 2 heteroatoms. The van der Waals surface area contributed by atoms with Gasteiger partial charge in [0.2, 0.25) is 0 Å². The Hall–Kier alpha value is -0.210. The number of hydrogen-bond donors (Lipinski definition) is 0. The van der Waals surface area contributed by atoms with Crippen LogP contribution >= 0.6 is 21.4 Å². The van der Waals surface area contributed by atoms with E-state index >= 15 is 0 Å². The molecule has 0 fully saturated rings. The molecule has 0 spiro atoms. The number of hydrogen-bond acceptors (Lipinski definition) is 1. The standard InChI is InChI=1S/C18H30S2/c1-3-5-7-9-14-20(15-10-8-6-4-2)16-12-17-18(20)11-13-19-17/h11-13,16H,3-10,14-15H2,1-2H3. The van der Waals surface area contributed by atoms with Crippen LogP contribution in [0.3, 0.4) is 0 Å². The lowest BCUT2D eigenvalue weighted by atomic mass is 10.2. The summed E-state index contributed by atoms with van der Waals surface area (Å²) < 4.78 is 0. The average molecular weight is 311 g/mol. The molecule has 0 N–H and O–H groups in total. The Bertz CT molecular complexity index is 405. The number of thiophene rings is 1. The molecular formula is C18H30S2. The second-order valence-corrected chi connectivity index (χ2v) is 10.3. The zero-order valence-corrected chi connectivity index (χ0v) is 14.8. The lowest BCUT2D eigenvalue weighted by molar-refractivity contribution is 0.697. The van der Waals surface area contributed by atoms with E-state index in [0.29, 0.717) is 0 Å². The van der Waals surface area contributed by atoms with Crippen LogP contribution in [0.4, 0.5) is 0 Å². The van der Waals surface area contributed by atoms with Crippen LogP contribution in [-0.4, -0.2) is 11.5 Å². The summed E-state index contributed by atoms with van der Waals surface area (Å²) in [6.45, 7) is 4.61. The summed E-state index contributed by atoms with van der Waals surface area (Å²) in [5, 5.41) is 4.92. The quantitative estimate of drug-likeness (QED) is 0.406. The van der Waals surface area contributed by atoms with Crippen LogP contribution < -0.4 is 0 Å². The molecule has 0 atom stereocenters. The number of rotatable bonds is 10. The van der Waals surface area contributed by atoms with Gasteiger partial charge in [-0.3, -0.25) is 0 Å². The van der Waals surface area contributed by atoms with Gasteiger partial charge in [-0.25, -0.2) is 0 Å². The molecule has 114 valence electrons. The highest BCUT2D eigenvalue weighted by Gasteiger charge is 2.29. The van der Waals surface area contributed by atoms with Crippen molar-refractivity contribution in [3.63, 3.8) is 0 Å². The van der Waals surface area contributed by atoms with Gasteiger partial charge >= 0.3 is 0 Å². The minimum atomic E-state index is -0.608. The van der Waals surface area contributed by atoms with Crippen molar-refractivity contribution in [3.05, 3.63) is 21.7 Å². The van der Waals surface area contributed by atoms with Crippen LogP contribution in [0.5, 0.6) is 0 Å². The first-order valence-electron chi connectivity index (χ1n) is 8.37. The Morgan fingerprint density at radius 1 is 0.900 bits per heavy atom. The van der Waals surface area contributed by atoms with Crippen molar-refractivity contribution in [1.82, 2.24) is 0 Å². The molecule has 0 saturated heterocycles. The Balaban J connectivity index is 1.96. The van der Waals surface area contributed by atoms with Gasteiger partial charge in [0, 0.05) is 9.77 Å². The molecular weight excluding hydrogens is 280 g/mol. The van der Waals surface area contributed by atoms with Crippen molar-refractivity contribution in [2.45, 2.75) is 70.1 Å². The maximum absolute atomic E-state index is 2.62. The summed E-state index contributed by atoms with van der Waals surface area (Å²) in [6.07, 6.45) is 13.6. The van der Waals surface area contributed by atoms with E-state index in [0.717, 1.165) is 0 Å². The fourth-order valence-corrected chi connectivity index (χ4v) is 8.26. The summed E-state index contributed by atoms with van der Waals surface area (Å²) in [6, 6.07) is 2.43. The van der Waals surface area contributed by atoms with Crippen molar-refractivity contribution in [2.75, 3.05) is 11.5 Å². The summed E-state index contributed by atoms with van der Waals surface area (Å²) in [4.78, 5) is 3.28. The minimum Gasteiger partial charge on any atom is -0.193 e. The molecule has 0 aromatic carbocycles. The first kappa shape index (κ1) is 16.2. The maximum atomic E-state index is 2.62. The molecule has 2 heterocycles. The Morgan fingerprint density at radius 2 is 1.55 bits per heavy atom. The van der Waals surface area contributed by atoms with Gasteiger partial charge in [0.25, 0.3) is 0 Å². The summed E-state index contributed by atoms with van der Waals surface area (Å²) in [5.41, 5.74) is 0. The lowest BCUT2D eigenvalue weighted by Gasteiger charge is -2.35. The minimum absolute atomic E-state index is 0.608. The average Bonchev–Trinajstić information content (AvgIpc) is 3.04. The van der Waals surface area contributed by atoms with Crippen molar-refractivity contribution in [3.8, 4) is 0 Å². The molecule has 0 bridgehead atoms. The molecule has 1 aliphatic heterocycles. The Labute approximate surface area is 131 Å². The lowest BCUT2D eigenvalue weighted by Crippen LogP contribution is -2.06. The first-order valence-corrected chi connectivity index (χ1v) is 11.3. The number of fused-ring (bicyclic) bond motifs is 1. The Kier molecular flexibility index (Phi) is 6.70. The monoisotopic (exact) mass is 310 g/mol. The molecule has 2 rings (SSSR count). The third-order valence-corrected chi connectivity index (χ3v) is 9.23. The van der Waals surface area contributed by atoms with Gasteiger partial charge in [0.05, 0.1) is 0 Å². The molecule has 1 aromatic heterocycles. The van der Waals surface area contributed by atoms with E-state index in [-0.39, 0.29) is 0 Å². The first-order chi connectivity index (χ1) is 9.82. The third-order valence-electron chi connectivity index (χ3n) is 4.30. The highest BCUT2D eigenvalue weighted by Crippen LogP contribution is 2.64. The normalized spacial score (nSPS) is 17.3. The van der Waals surface area contributed by atoms with Gasteiger partial charge in [0.15, 0.2) is 0 Å². The number of unbranched alkanes of at least 4 members (excludes halogenated alkanes) is 6. The van der Waals surface area contributed by atoms with E-state index in [1.54, 1.807) is 9.77 Å². The second-order valence-electron chi connectivity index (χ2n) is 5.93. The maximum Gasteiger partial charge on any atom is 0.0398 e. The van der Waals surface area contributed by atoms with Crippen molar-refractivity contribution < 1.29 is 0 Å². The van der Waals surface area contributed by atoms with Gasteiger partial charge in [-0.15, -0.1) is 11.3 Å². The van der Waals surface area contributed by atoms with E-state index in [4.69, 9.17) is 0 Å². The highest BCUT2D eigenvalue weighted by molar-refractivity contribution is 8.36. The van der Waals surface area contributed by atoms with Gasteiger partial charge in [-0.1, -0.05) is 52.4 Å². The zero-order chi connectivity index (χ0) is 14.3. The van der Waals surface area contributed by atoms with Crippen LogP contribution in [-0.2, 0) is 0 Å². The van der Waals surface area contributed by atoms with E-state index in [1.807, 2.05) is 11.3 Å². The molecule has 0 aliphatic carbocycles. The summed E-state index contributed by atoms with van der Waals surface area (Å²) >= 11 is 1.94. The second kappa shape index (κ2) is 8.29. The van der Waals surface area contributed by atoms with Gasteiger partial charge < -0.3 is 0 Å². The molecule has 0 nitrogen and oxygen atoms in total. The van der Waals surface area contributed by atoms with E-state index < -0.39 is 10.0 Å². The smallest absolute Gasteiger partial charge is 0.0398 e. The third kappa shape index (κ3) is 3.92. The van der Waals surface area contributed by atoms with Crippen LogP contribution in [0.1, 0.15) is 70.1 Å². The molecule has 20 heavy (non-hydrogen) atoms. The fourth-order valence-electron chi connectivity index (χ4n) is 3.06. The topological polar surface area (TPSA) is 0 Å². The van der Waals surface area contributed by atoms with Crippen LogP contribution in [0.15, 0.2) is 21.7 Å². The van der Waals surface area contributed by atoms with Crippen LogP contribution in [0.25, 0.3) is 6.08 Å². The predicted molar refractivity (Wildman–Crippen MR) is 97.2 cm³/mol. The SMILES string of the molecule is CCCCCCS1(CCCCCC)C=Cc2sccc21. The largest absolute Gasteiger partial charge is 0.193 e. The highest BCUT2D eigenvalue weighted by atomic mass is 32.3. The van der Waals surface area contributed by atoms with E-state index in [2.05, 4.69) is 36.8 Å². The molecule has 0 saturated carbocycles. The van der Waals surface area contributed by atoms with Gasteiger partial charge in [-0.05, 0) is 47.3 Å². The van der Waals surface area contributed by atoms with Crippen molar-refractivity contribution in [1.29, 1.82) is 0 Å². The molecule has 0 unspecified atom stereocenters. The predicted octanol–water partition coefficient (Wildman–Crippen LogP) is 7.06. The van der Waals surface area contributed by atoms with Crippen molar-refractivity contribution in [2.24, 2.45) is 0 Å². The van der Waals surface area contributed by atoms with Gasteiger partial charge in [0.1, 0.15) is 0 Å². The molecule has 0 amide bonds. The molecule has 0 radical (unpaired) electrons. The zero-order valence-electron chi connectivity index (χ0n) is 13.2. The molecule has 1 aliphatic rings.